The Morgan fingerprint density at radius 3 is 2.81 bits per heavy atom. The van der Waals surface area contributed by atoms with Crippen molar-refractivity contribution in [2.45, 2.75) is 32.7 Å². The highest BCUT2D eigenvalue weighted by Gasteiger charge is 2.31. The number of hydrogen-bond donors (Lipinski definition) is 0. The van der Waals surface area contributed by atoms with Gasteiger partial charge in [-0.1, -0.05) is 11.6 Å². The van der Waals surface area contributed by atoms with E-state index in [1.54, 1.807) is 0 Å². The van der Waals surface area contributed by atoms with Crippen LogP contribution in [0.3, 0.4) is 0 Å². The fourth-order valence-electron chi connectivity index (χ4n) is 3.38. The van der Waals surface area contributed by atoms with E-state index in [0.29, 0.717) is 12.0 Å². The molecule has 0 N–H and O–H groups in total. The Bertz CT molecular complexity index is 473. The topological polar surface area (TPSA) is 24.3 Å². The summed E-state index contributed by atoms with van der Waals surface area (Å²) in [7, 11) is 6.48. The lowest BCUT2D eigenvalue weighted by Crippen LogP contribution is -2.41. The van der Waals surface area contributed by atoms with Crippen LogP contribution in [0, 0.1) is 5.92 Å². The predicted molar refractivity (Wildman–Crippen MR) is 88.2 cm³/mol. The van der Waals surface area contributed by atoms with Crippen LogP contribution in [-0.2, 0) is 7.05 Å². The molecule has 0 unspecified atom stereocenters. The molecule has 1 fully saturated rings. The molecular formula is C17H30N4. The van der Waals surface area contributed by atoms with Crippen LogP contribution in [0.4, 0.5) is 0 Å². The monoisotopic (exact) mass is 290 g/mol. The highest BCUT2D eigenvalue weighted by atomic mass is 15.3. The summed E-state index contributed by atoms with van der Waals surface area (Å²) in [5.74, 6) is 0.684. The van der Waals surface area contributed by atoms with Gasteiger partial charge in [0.2, 0.25) is 0 Å². The average molecular weight is 290 g/mol. The Morgan fingerprint density at radius 2 is 2.19 bits per heavy atom. The molecular weight excluding hydrogens is 260 g/mol. The first-order valence-corrected chi connectivity index (χ1v) is 7.98. The molecule has 2 heterocycles. The third-order valence-electron chi connectivity index (χ3n) is 4.43. The van der Waals surface area contributed by atoms with Crippen LogP contribution in [0.2, 0.25) is 0 Å². The number of likely N-dealkylation sites (N-methyl/N-ethyl adjacent to an activating group) is 1. The molecule has 1 saturated heterocycles. The maximum atomic E-state index is 4.37. The molecule has 0 spiro atoms. The number of rotatable bonds is 5. The summed E-state index contributed by atoms with van der Waals surface area (Å²) in [6.07, 6.45) is 9.13. The summed E-state index contributed by atoms with van der Waals surface area (Å²) in [6.45, 7) is 7.71. The summed E-state index contributed by atoms with van der Waals surface area (Å²) >= 11 is 0. The van der Waals surface area contributed by atoms with Crippen molar-refractivity contribution in [3.8, 4) is 0 Å². The van der Waals surface area contributed by atoms with Gasteiger partial charge >= 0.3 is 0 Å². The highest BCUT2D eigenvalue weighted by molar-refractivity contribution is 5.13. The highest BCUT2D eigenvalue weighted by Crippen LogP contribution is 2.35. The third-order valence-corrected chi connectivity index (χ3v) is 4.43. The van der Waals surface area contributed by atoms with Crippen molar-refractivity contribution in [3.63, 3.8) is 0 Å². The molecule has 118 valence electrons. The number of nitrogens with zero attached hydrogens (tertiary/aromatic N) is 4. The van der Waals surface area contributed by atoms with Crippen molar-refractivity contribution in [1.82, 2.24) is 19.6 Å². The predicted octanol–water partition coefficient (Wildman–Crippen LogP) is 2.70. The van der Waals surface area contributed by atoms with Gasteiger partial charge in [0.05, 0.1) is 6.20 Å². The van der Waals surface area contributed by atoms with E-state index in [-0.39, 0.29) is 0 Å². The third kappa shape index (κ3) is 4.42. The Hall–Kier alpha value is -1.13. The van der Waals surface area contributed by atoms with E-state index in [2.05, 4.69) is 55.1 Å². The maximum absolute atomic E-state index is 4.37. The van der Waals surface area contributed by atoms with E-state index in [1.807, 2.05) is 17.9 Å². The standard InChI is InChI=1S/C17H30N4/c1-14(2)8-10-19(3)12-15-7-6-9-20(4)17(15)16-11-18-21(5)13-16/h8,11,13,15,17H,6-7,9-10,12H2,1-5H3/t15-,17+/m0/s1. The number of piperidine rings is 1. The number of aromatic nitrogens is 2. The van der Waals surface area contributed by atoms with Crippen molar-refractivity contribution in [3.05, 3.63) is 29.6 Å². The second-order valence-electron chi connectivity index (χ2n) is 6.78. The van der Waals surface area contributed by atoms with Crippen LogP contribution in [0.5, 0.6) is 0 Å². The van der Waals surface area contributed by atoms with Gasteiger partial charge in [0, 0.05) is 37.9 Å². The van der Waals surface area contributed by atoms with E-state index >= 15 is 0 Å². The summed E-state index contributed by atoms with van der Waals surface area (Å²) in [5, 5.41) is 4.37. The van der Waals surface area contributed by atoms with E-state index in [0.717, 1.165) is 13.1 Å². The van der Waals surface area contributed by atoms with Crippen molar-refractivity contribution < 1.29 is 0 Å². The molecule has 21 heavy (non-hydrogen) atoms. The van der Waals surface area contributed by atoms with Crippen LogP contribution < -0.4 is 0 Å². The molecule has 1 aromatic heterocycles. The Kier molecular flexibility index (Phi) is 5.59. The Labute approximate surface area is 129 Å². The Balaban J connectivity index is 2.06. The van der Waals surface area contributed by atoms with Crippen LogP contribution in [0.15, 0.2) is 24.0 Å². The molecule has 0 aliphatic carbocycles. The molecule has 0 aromatic carbocycles. The second-order valence-corrected chi connectivity index (χ2v) is 6.78. The van der Waals surface area contributed by atoms with Gasteiger partial charge in [-0.25, -0.2) is 0 Å². The van der Waals surface area contributed by atoms with Crippen molar-refractivity contribution >= 4 is 0 Å². The molecule has 1 aliphatic rings. The first kappa shape index (κ1) is 16.2. The first-order chi connectivity index (χ1) is 9.97. The molecule has 0 radical (unpaired) electrons. The normalized spacial score (nSPS) is 23.5. The summed E-state index contributed by atoms with van der Waals surface area (Å²) < 4.78 is 1.92. The lowest BCUT2D eigenvalue weighted by atomic mass is 9.86. The number of allylic oxidation sites excluding steroid dienone is 1. The van der Waals surface area contributed by atoms with Crippen molar-refractivity contribution in [2.24, 2.45) is 13.0 Å². The van der Waals surface area contributed by atoms with Crippen molar-refractivity contribution in [2.75, 3.05) is 33.7 Å². The number of hydrogen-bond acceptors (Lipinski definition) is 3. The van der Waals surface area contributed by atoms with Gasteiger partial charge in [-0.05, 0) is 53.2 Å². The summed E-state index contributed by atoms with van der Waals surface area (Å²) in [5.41, 5.74) is 2.76. The average Bonchev–Trinajstić information content (AvgIpc) is 2.83. The fourth-order valence-corrected chi connectivity index (χ4v) is 3.38. The molecule has 1 aromatic rings. The van der Waals surface area contributed by atoms with Gasteiger partial charge in [-0.2, -0.15) is 5.10 Å². The van der Waals surface area contributed by atoms with Crippen LogP contribution in [0.25, 0.3) is 0 Å². The molecule has 0 amide bonds. The zero-order chi connectivity index (χ0) is 15.4. The molecule has 4 heteroatoms. The van der Waals surface area contributed by atoms with Gasteiger partial charge in [-0.15, -0.1) is 0 Å². The lowest BCUT2D eigenvalue weighted by molar-refractivity contribution is 0.0972. The second kappa shape index (κ2) is 7.23. The molecule has 4 nitrogen and oxygen atoms in total. The van der Waals surface area contributed by atoms with Crippen LogP contribution >= 0.6 is 0 Å². The number of likely N-dealkylation sites (tertiary alicyclic amines) is 1. The SMILES string of the molecule is CC(C)=CCN(C)C[C@@H]1CCCN(C)[C@H]1c1cnn(C)c1. The van der Waals surface area contributed by atoms with Crippen LogP contribution in [0.1, 0.15) is 38.3 Å². The van der Waals surface area contributed by atoms with Gasteiger partial charge in [0.1, 0.15) is 0 Å². The molecule has 2 atom stereocenters. The van der Waals surface area contributed by atoms with E-state index in [4.69, 9.17) is 0 Å². The first-order valence-electron chi connectivity index (χ1n) is 7.98. The van der Waals surface area contributed by atoms with Crippen LogP contribution in [-0.4, -0.2) is 53.3 Å². The van der Waals surface area contributed by atoms with Gasteiger partial charge in [0.15, 0.2) is 0 Å². The smallest absolute Gasteiger partial charge is 0.0537 e. The molecule has 2 rings (SSSR count). The number of aryl methyl sites for hydroxylation is 1. The largest absolute Gasteiger partial charge is 0.302 e. The minimum absolute atomic E-state index is 0.501. The van der Waals surface area contributed by atoms with Gasteiger partial charge < -0.3 is 4.90 Å². The molecule has 1 aliphatic heterocycles. The fraction of sp³-hybridized carbons (Fsp3) is 0.706. The van der Waals surface area contributed by atoms with E-state index < -0.39 is 0 Å². The van der Waals surface area contributed by atoms with Crippen molar-refractivity contribution in [1.29, 1.82) is 0 Å². The quantitative estimate of drug-likeness (QED) is 0.779. The summed E-state index contributed by atoms with van der Waals surface area (Å²) in [6, 6.07) is 0.501. The van der Waals surface area contributed by atoms with Gasteiger partial charge in [0.25, 0.3) is 0 Å². The molecule has 0 saturated carbocycles. The Morgan fingerprint density at radius 1 is 1.43 bits per heavy atom. The minimum Gasteiger partial charge on any atom is -0.302 e. The molecule has 0 bridgehead atoms. The summed E-state index contributed by atoms with van der Waals surface area (Å²) in [4.78, 5) is 4.94. The maximum Gasteiger partial charge on any atom is 0.0537 e. The van der Waals surface area contributed by atoms with E-state index in [9.17, 15) is 0 Å². The van der Waals surface area contributed by atoms with E-state index in [1.165, 1.54) is 30.5 Å². The minimum atomic E-state index is 0.501. The lowest BCUT2D eigenvalue weighted by Gasteiger charge is -2.40. The zero-order valence-electron chi connectivity index (χ0n) is 14.2. The van der Waals surface area contributed by atoms with Gasteiger partial charge in [-0.3, -0.25) is 9.58 Å². The zero-order valence-corrected chi connectivity index (χ0v) is 14.2.